The lowest BCUT2D eigenvalue weighted by Gasteiger charge is -2.20. The van der Waals surface area contributed by atoms with Crippen LogP contribution in [0.2, 0.25) is 0 Å². The number of benzene rings is 1. The van der Waals surface area contributed by atoms with Crippen LogP contribution in [-0.4, -0.2) is 42.2 Å². The predicted octanol–water partition coefficient (Wildman–Crippen LogP) is 2.40. The monoisotopic (exact) mass is 328 g/mol. The molecule has 0 aliphatic heterocycles. The number of rotatable bonds is 7. The summed E-state index contributed by atoms with van der Waals surface area (Å²) in [6, 6.07) is 5.75. The first-order chi connectivity index (χ1) is 9.06. The van der Waals surface area contributed by atoms with Crippen molar-refractivity contribution in [2.75, 3.05) is 31.6 Å². The molecule has 0 spiro atoms. The number of nitrogens with one attached hydrogen (secondary N) is 1. The van der Waals surface area contributed by atoms with Crippen LogP contribution in [0.5, 0.6) is 0 Å². The van der Waals surface area contributed by atoms with Gasteiger partial charge in [-0.2, -0.15) is 0 Å². The van der Waals surface area contributed by atoms with Gasteiger partial charge in [-0.25, -0.2) is 0 Å². The molecule has 1 aromatic carbocycles. The van der Waals surface area contributed by atoms with Gasteiger partial charge in [0.05, 0.1) is 13.2 Å². The van der Waals surface area contributed by atoms with Crippen LogP contribution in [0.15, 0.2) is 22.7 Å². The van der Waals surface area contributed by atoms with Gasteiger partial charge in [0, 0.05) is 16.7 Å². The molecular formula is C14H21BrN2O2. The Morgan fingerprint density at radius 1 is 1.42 bits per heavy atom. The van der Waals surface area contributed by atoms with E-state index in [1.165, 1.54) is 0 Å². The second kappa shape index (κ2) is 8.30. The van der Waals surface area contributed by atoms with Gasteiger partial charge >= 0.3 is 0 Å². The molecule has 0 aliphatic carbocycles. The molecule has 0 saturated carbocycles. The van der Waals surface area contributed by atoms with Gasteiger partial charge in [0.1, 0.15) is 0 Å². The molecule has 0 unspecified atom stereocenters. The van der Waals surface area contributed by atoms with Crippen molar-refractivity contribution >= 4 is 27.5 Å². The summed E-state index contributed by atoms with van der Waals surface area (Å²) in [7, 11) is 0. The van der Waals surface area contributed by atoms with Crippen molar-refractivity contribution in [3.8, 4) is 0 Å². The summed E-state index contributed by atoms with van der Waals surface area (Å²) < 4.78 is 0.996. The zero-order valence-corrected chi connectivity index (χ0v) is 13.0. The first-order valence-corrected chi connectivity index (χ1v) is 7.25. The van der Waals surface area contributed by atoms with E-state index >= 15 is 0 Å². The highest BCUT2D eigenvalue weighted by atomic mass is 79.9. The smallest absolute Gasteiger partial charge is 0.238 e. The van der Waals surface area contributed by atoms with Crippen LogP contribution in [0.3, 0.4) is 0 Å². The molecule has 1 aromatic rings. The number of aliphatic hydroxyl groups is 1. The Morgan fingerprint density at radius 3 is 2.74 bits per heavy atom. The van der Waals surface area contributed by atoms with Crippen molar-refractivity contribution in [1.29, 1.82) is 0 Å². The number of amides is 1. The number of hydrogen-bond donors (Lipinski definition) is 2. The molecule has 0 atom stereocenters. The molecule has 1 amide bonds. The van der Waals surface area contributed by atoms with Crippen LogP contribution in [0, 0.1) is 6.92 Å². The SMILES string of the molecule is CCCN(CCO)CC(=O)Nc1ccc(Br)cc1C. The summed E-state index contributed by atoms with van der Waals surface area (Å²) in [4.78, 5) is 13.9. The topological polar surface area (TPSA) is 52.6 Å². The highest BCUT2D eigenvalue weighted by Gasteiger charge is 2.10. The summed E-state index contributed by atoms with van der Waals surface area (Å²) in [5, 5.41) is 11.9. The summed E-state index contributed by atoms with van der Waals surface area (Å²) >= 11 is 3.40. The van der Waals surface area contributed by atoms with E-state index in [0.29, 0.717) is 13.1 Å². The lowest BCUT2D eigenvalue weighted by atomic mass is 10.2. The number of aliphatic hydroxyl groups excluding tert-OH is 1. The molecule has 1 rings (SSSR count). The number of carbonyl (C=O) groups excluding carboxylic acids is 1. The lowest BCUT2D eigenvalue weighted by molar-refractivity contribution is -0.117. The number of anilines is 1. The maximum atomic E-state index is 12.0. The van der Waals surface area contributed by atoms with Crippen LogP contribution in [0.4, 0.5) is 5.69 Å². The van der Waals surface area contributed by atoms with Gasteiger partial charge in [0.15, 0.2) is 0 Å². The van der Waals surface area contributed by atoms with Gasteiger partial charge in [-0.05, 0) is 43.7 Å². The van der Waals surface area contributed by atoms with E-state index in [9.17, 15) is 4.79 Å². The molecule has 19 heavy (non-hydrogen) atoms. The minimum Gasteiger partial charge on any atom is -0.395 e. The molecule has 4 nitrogen and oxygen atoms in total. The third-order valence-electron chi connectivity index (χ3n) is 2.79. The van der Waals surface area contributed by atoms with Crippen molar-refractivity contribution in [2.24, 2.45) is 0 Å². The Kier molecular flexibility index (Phi) is 7.05. The fourth-order valence-corrected chi connectivity index (χ4v) is 2.36. The molecule has 0 aromatic heterocycles. The Hall–Kier alpha value is -0.910. The van der Waals surface area contributed by atoms with E-state index < -0.39 is 0 Å². The maximum absolute atomic E-state index is 12.0. The number of hydrogen-bond acceptors (Lipinski definition) is 3. The Labute approximate surface area is 122 Å². The van der Waals surface area contributed by atoms with Crippen LogP contribution in [-0.2, 0) is 4.79 Å². The third-order valence-corrected chi connectivity index (χ3v) is 3.28. The van der Waals surface area contributed by atoms with E-state index in [-0.39, 0.29) is 12.5 Å². The fraction of sp³-hybridized carbons (Fsp3) is 0.500. The molecule has 0 saturated heterocycles. The van der Waals surface area contributed by atoms with Crippen molar-refractivity contribution < 1.29 is 9.90 Å². The van der Waals surface area contributed by atoms with Crippen LogP contribution >= 0.6 is 15.9 Å². The van der Waals surface area contributed by atoms with Crippen molar-refractivity contribution in [2.45, 2.75) is 20.3 Å². The average molecular weight is 329 g/mol. The van der Waals surface area contributed by atoms with Crippen LogP contribution < -0.4 is 5.32 Å². The number of halogens is 1. The largest absolute Gasteiger partial charge is 0.395 e. The average Bonchev–Trinajstić information content (AvgIpc) is 2.33. The minimum absolute atomic E-state index is 0.0488. The Morgan fingerprint density at radius 2 is 2.16 bits per heavy atom. The highest BCUT2D eigenvalue weighted by molar-refractivity contribution is 9.10. The molecule has 0 radical (unpaired) electrons. The second-order valence-electron chi connectivity index (χ2n) is 4.51. The normalized spacial score (nSPS) is 10.8. The Balaban J connectivity index is 2.58. The van der Waals surface area contributed by atoms with E-state index in [4.69, 9.17) is 5.11 Å². The third kappa shape index (κ3) is 5.72. The highest BCUT2D eigenvalue weighted by Crippen LogP contribution is 2.19. The van der Waals surface area contributed by atoms with Gasteiger partial charge in [0.2, 0.25) is 5.91 Å². The van der Waals surface area contributed by atoms with Gasteiger partial charge < -0.3 is 10.4 Å². The maximum Gasteiger partial charge on any atom is 0.238 e. The minimum atomic E-state index is -0.0488. The van der Waals surface area contributed by atoms with E-state index in [1.54, 1.807) is 0 Å². The van der Waals surface area contributed by atoms with E-state index in [2.05, 4.69) is 28.2 Å². The molecule has 106 valence electrons. The van der Waals surface area contributed by atoms with Crippen LogP contribution in [0.25, 0.3) is 0 Å². The zero-order valence-electron chi connectivity index (χ0n) is 11.4. The summed E-state index contributed by atoms with van der Waals surface area (Å²) in [6.07, 6.45) is 0.963. The van der Waals surface area contributed by atoms with E-state index in [1.807, 2.05) is 30.0 Å². The number of aryl methyl sites for hydroxylation is 1. The van der Waals surface area contributed by atoms with Crippen LogP contribution in [0.1, 0.15) is 18.9 Å². The summed E-state index contributed by atoms with van der Waals surface area (Å²) in [5.41, 5.74) is 1.85. The van der Waals surface area contributed by atoms with Gasteiger partial charge in [-0.3, -0.25) is 9.69 Å². The summed E-state index contributed by atoms with van der Waals surface area (Å²) in [5.74, 6) is -0.0488. The number of nitrogens with zero attached hydrogens (tertiary/aromatic N) is 1. The molecule has 0 aliphatic rings. The molecular weight excluding hydrogens is 308 g/mol. The molecule has 0 fully saturated rings. The summed E-state index contributed by atoms with van der Waals surface area (Å²) in [6.45, 7) is 5.74. The molecule has 5 heteroatoms. The van der Waals surface area contributed by atoms with Crippen molar-refractivity contribution in [1.82, 2.24) is 4.90 Å². The fourth-order valence-electron chi connectivity index (χ4n) is 1.89. The van der Waals surface area contributed by atoms with Crippen molar-refractivity contribution in [3.63, 3.8) is 0 Å². The number of carbonyl (C=O) groups is 1. The molecule has 0 heterocycles. The first-order valence-electron chi connectivity index (χ1n) is 6.46. The molecule has 2 N–H and O–H groups in total. The molecule has 0 bridgehead atoms. The standard InChI is InChI=1S/C14H21BrN2O2/c1-3-6-17(7-8-18)10-14(19)16-13-5-4-12(15)9-11(13)2/h4-5,9,18H,3,6-8,10H2,1-2H3,(H,16,19). The quantitative estimate of drug-likeness (QED) is 0.808. The van der Waals surface area contributed by atoms with Gasteiger partial charge in [-0.15, -0.1) is 0 Å². The predicted molar refractivity (Wildman–Crippen MR) is 81.3 cm³/mol. The Bertz CT molecular complexity index is 418. The van der Waals surface area contributed by atoms with E-state index in [0.717, 1.165) is 28.7 Å². The second-order valence-corrected chi connectivity index (χ2v) is 5.42. The van der Waals surface area contributed by atoms with Crippen molar-refractivity contribution in [3.05, 3.63) is 28.2 Å². The van der Waals surface area contributed by atoms with Gasteiger partial charge in [-0.1, -0.05) is 22.9 Å². The zero-order chi connectivity index (χ0) is 14.3. The lowest BCUT2D eigenvalue weighted by Crippen LogP contribution is -2.35. The van der Waals surface area contributed by atoms with Gasteiger partial charge in [0.25, 0.3) is 0 Å². The first kappa shape index (κ1) is 16.1.